The minimum Gasteiger partial charge on any atom is -0.478 e. The Morgan fingerprint density at radius 3 is 2.71 bits per heavy atom. The maximum absolute atomic E-state index is 14.4. The number of halogens is 2. The number of nitrogens with zero attached hydrogens (tertiary/aromatic N) is 2. The van der Waals surface area contributed by atoms with Gasteiger partial charge in [-0.3, -0.25) is 0 Å². The Morgan fingerprint density at radius 2 is 2.08 bits per heavy atom. The number of aromatic nitrogens is 2. The number of carboxylic acid groups (broad SMARTS) is 1. The Morgan fingerprint density at radius 1 is 1.29 bits per heavy atom. The van der Waals surface area contributed by atoms with E-state index in [4.69, 9.17) is 0 Å². The van der Waals surface area contributed by atoms with Gasteiger partial charge in [0.1, 0.15) is 5.69 Å². The quantitative estimate of drug-likeness (QED) is 0.596. The lowest BCUT2D eigenvalue weighted by Gasteiger charge is -2.14. The van der Waals surface area contributed by atoms with Crippen LogP contribution < -0.4 is 5.32 Å². The van der Waals surface area contributed by atoms with Crippen LogP contribution in [0.25, 0.3) is 5.69 Å². The molecule has 2 aromatic carbocycles. The van der Waals surface area contributed by atoms with Crippen molar-refractivity contribution in [3.8, 4) is 5.69 Å². The van der Waals surface area contributed by atoms with Crippen LogP contribution in [-0.2, 0) is 0 Å². The number of aryl methyl sites for hydroxylation is 1. The summed E-state index contributed by atoms with van der Waals surface area (Å²) in [6, 6.07) is 9.78. The van der Waals surface area contributed by atoms with E-state index in [2.05, 4.69) is 33.0 Å². The molecule has 0 atom stereocenters. The molecule has 7 heteroatoms. The molecule has 0 unspecified atom stereocenters. The Labute approximate surface area is 151 Å². The van der Waals surface area contributed by atoms with Crippen molar-refractivity contribution >= 4 is 39.9 Å². The fraction of sp³-hybridized carbons (Fsp3) is 0.0588. The summed E-state index contributed by atoms with van der Waals surface area (Å²) in [5.74, 6) is -1.71. The second-order valence-corrected chi connectivity index (χ2v) is 6.43. The van der Waals surface area contributed by atoms with Gasteiger partial charge in [-0.15, -0.1) is 0 Å². The smallest absolute Gasteiger partial charge is 0.337 e. The first-order chi connectivity index (χ1) is 11.5. The first-order valence-corrected chi connectivity index (χ1v) is 8.13. The van der Waals surface area contributed by atoms with E-state index in [9.17, 15) is 14.3 Å². The molecule has 5 nitrogen and oxygen atoms in total. The van der Waals surface area contributed by atoms with Gasteiger partial charge < -0.3 is 10.4 Å². The average molecular weight is 437 g/mol. The number of hydrogen-bond donors (Lipinski definition) is 2. The highest BCUT2D eigenvalue weighted by molar-refractivity contribution is 14.1. The third-order valence-electron chi connectivity index (χ3n) is 3.53. The summed E-state index contributed by atoms with van der Waals surface area (Å²) in [6.07, 6.45) is 3.06. The number of nitrogens with one attached hydrogen (secondary N) is 1. The number of aromatic carboxylic acids is 1. The summed E-state index contributed by atoms with van der Waals surface area (Å²) in [5.41, 5.74) is 1.92. The van der Waals surface area contributed by atoms with Gasteiger partial charge in [-0.1, -0.05) is 0 Å². The molecule has 24 heavy (non-hydrogen) atoms. The molecule has 1 heterocycles. The molecule has 0 bridgehead atoms. The molecular formula is C17H13FIN3O2. The molecule has 1 aromatic heterocycles. The number of anilines is 2. The van der Waals surface area contributed by atoms with E-state index < -0.39 is 11.8 Å². The van der Waals surface area contributed by atoms with Crippen LogP contribution in [0, 0.1) is 16.3 Å². The Kier molecular flexibility index (Phi) is 4.52. The summed E-state index contributed by atoms with van der Waals surface area (Å²) >= 11 is 2.19. The summed E-state index contributed by atoms with van der Waals surface area (Å²) < 4.78 is 16.8. The van der Waals surface area contributed by atoms with Crippen molar-refractivity contribution in [2.45, 2.75) is 6.92 Å². The van der Waals surface area contributed by atoms with Crippen LogP contribution in [0.2, 0.25) is 0 Å². The molecule has 0 saturated carbocycles. The minimum absolute atomic E-state index is 0.0279. The van der Waals surface area contributed by atoms with Crippen molar-refractivity contribution < 1.29 is 14.3 Å². The van der Waals surface area contributed by atoms with Crippen molar-refractivity contribution in [3.05, 3.63) is 69.3 Å². The molecule has 122 valence electrons. The zero-order chi connectivity index (χ0) is 17.3. The van der Waals surface area contributed by atoms with E-state index in [1.54, 1.807) is 12.3 Å². The summed E-state index contributed by atoms with van der Waals surface area (Å²) in [6.45, 7) is 1.90. The Hall–Kier alpha value is -2.42. The molecule has 3 rings (SSSR count). The van der Waals surface area contributed by atoms with Crippen molar-refractivity contribution in [3.63, 3.8) is 0 Å². The van der Waals surface area contributed by atoms with E-state index >= 15 is 0 Å². The standard InChI is InChI=1S/C17H13FIN3O2/c1-10-7-11(19)3-4-14(10)21-15-9-13(18)16(8-12(15)17(23)24)22-6-2-5-20-22/h2-9,21H,1H3,(H,23,24). The van der Waals surface area contributed by atoms with Gasteiger partial charge in [0.25, 0.3) is 0 Å². The Balaban J connectivity index is 2.07. The van der Waals surface area contributed by atoms with Crippen LogP contribution in [0.3, 0.4) is 0 Å². The van der Waals surface area contributed by atoms with Crippen LogP contribution in [0.5, 0.6) is 0 Å². The van der Waals surface area contributed by atoms with Gasteiger partial charge in [0.2, 0.25) is 0 Å². The van der Waals surface area contributed by atoms with E-state index in [-0.39, 0.29) is 16.9 Å². The molecule has 0 aliphatic carbocycles. The molecule has 2 N–H and O–H groups in total. The van der Waals surface area contributed by atoms with Gasteiger partial charge in [-0.05, 0) is 65.4 Å². The third-order valence-corrected chi connectivity index (χ3v) is 4.20. The normalized spacial score (nSPS) is 10.6. The predicted molar refractivity (Wildman–Crippen MR) is 97.7 cm³/mol. The number of hydrogen-bond acceptors (Lipinski definition) is 3. The number of carboxylic acids is 1. The first kappa shape index (κ1) is 16.4. The maximum atomic E-state index is 14.4. The van der Waals surface area contributed by atoms with Crippen molar-refractivity contribution in [1.29, 1.82) is 0 Å². The van der Waals surface area contributed by atoms with Gasteiger partial charge in [0, 0.05) is 27.7 Å². The molecule has 0 fully saturated rings. The molecule has 0 spiro atoms. The zero-order valence-corrected chi connectivity index (χ0v) is 14.8. The van der Waals surface area contributed by atoms with Gasteiger partial charge in [-0.25, -0.2) is 13.9 Å². The largest absolute Gasteiger partial charge is 0.478 e. The Bertz CT molecular complexity index is 910. The minimum atomic E-state index is -1.14. The average Bonchev–Trinajstić information content (AvgIpc) is 3.04. The summed E-state index contributed by atoms with van der Waals surface area (Å²) in [7, 11) is 0. The third kappa shape index (κ3) is 3.25. The van der Waals surface area contributed by atoms with Gasteiger partial charge in [-0.2, -0.15) is 5.10 Å². The highest BCUT2D eigenvalue weighted by Gasteiger charge is 2.17. The van der Waals surface area contributed by atoms with Gasteiger partial charge in [0.05, 0.1) is 11.3 Å². The van der Waals surface area contributed by atoms with E-state index in [1.165, 1.54) is 23.0 Å². The van der Waals surface area contributed by atoms with Crippen molar-refractivity contribution in [1.82, 2.24) is 9.78 Å². The summed E-state index contributed by atoms with van der Waals surface area (Å²) in [4.78, 5) is 11.6. The number of rotatable bonds is 4. The SMILES string of the molecule is Cc1cc(I)ccc1Nc1cc(F)c(-n2cccn2)cc1C(=O)O. The molecule has 0 aliphatic rings. The molecule has 0 radical (unpaired) electrons. The van der Waals surface area contributed by atoms with E-state index in [0.29, 0.717) is 0 Å². The van der Waals surface area contributed by atoms with Gasteiger partial charge >= 0.3 is 5.97 Å². The maximum Gasteiger partial charge on any atom is 0.337 e. The van der Waals surface area contributed by atoms with Crippen LogP contribution in [0.15, 0.2) is 48.8 Å². The highest BCUT2D eigenvalue weighted by atomic mass is 127. The van der Waals surface area contributed by atoms with Crippen molar-refractivity contribution in [2.24, 2.45) is 0 Å². The highest BCUT2D eigenvalue weighted by Crippen LogP contribution is 2.28. The monoisotopic (exact) mass is 437 g/mol. The molecule has 0 saturated heterocycles. The van der Waals surface area contributed by atoms with Crippen LogP contribution in [-0.4, -0.2) is 20.9 Å². The summed E-state index contributed by atoms with van der Waals surface area (Å²) in [5, 5.41) is 16.4. The van der Waals surface area contributed by atoms with E-state index in [0.717, 1.165) is 14.8 Å². The van der Waals surface area contributed by atoms with Crippen LogP contribution in [0.1, 0.15) is 15.9 Å². The second-order valence-electron chi connectivity index (χ2n) is 5.19. The van der Waals surface area contributed by atoms with E-state index in [1.807, 2.05) is 25.1 Å². The van der Waals surface area contributed by atoms with Crippen molar-refractivity contribution in [2.75, 3.05) is 5.32 Å². The first-order valence-electron chi connectivity index (χ1n) is 7.06. The molecular weight excluding hydrogens is 424 g/mol. The molecule has 0 aliphatic heterocycles. The van der Waals surface area contributed by atoms with Crippen LogP contribution >= 0.6 is 22.6 Å². The lowest BCUT2D eigenvalue weighted by atomic mass is 10.1. The fourth-order valence-corrected chi connectivity index (χ4v) is 2.99. The molecule has 0 amide bonds. The van der Waals surface area contributed by atoms with Crippen LogP contribution in [0.4, 0.5) is 15.8 Å². The zero-order valence-electron chi connectivity index (χ0n) is 12.6. The fourth-order valence-electron chi connectivity index (χ4n) is 2.34. The predicted octanol–water partition coefficient (Wildman–Crippen LogP) is 4.37. The lowest BCUT2D eigenvalue weighted by Crippen LogP contribution is -2.08. The number of carbonyl (C=O) groups is 1. The lowest BCUT2D eigenvalue weighted by molar-refractivity contribution is 0.0698. The number of benzene rings is 2. The van der Waals surface area contributed by atoms with Gasteiger partial charge in [0.15, 0.2) is 5.82 Å². The molecule has 3 aromatic rings. The second kappa shape index (κ2) is 6.60. The topological polar surface area (TPSA) is 67.2 Å².